The fraction of sp³-hybridized carbons (Fsp3) is 0.458. The van der Waals surface area contributed by atoms with E-state index in [0.29, 0.717) is 5.92 Å². The Morgan fingerprint density at radius 1 is 1.10 bits per heavy atom. The number of nitrogens with one attached hydrogen (secondary N) is 2. The predicted molar refractivity (Wildman–Crippen MR) is 124 cm³/mol. The van der Waals surface area contributed by atoms with Crippen LogP contribution in [0.2, 0.25) is 0 Å². The minimum atomic E-state index is 0.556. The van der Waals surface area contributed by atoms with E-state index in [9.17, 15) is 0 Å². The molecule has 0 spiro atoms. The van der Waals surface area contributed by atoms with Gasteiger partial charge in [-0.3, -0.25) is 4.99 Å². The van der Waals surface area contributed by atoms with Crippen molar-refractivity contribution in [1.82, 2.24) is 10.6 Å². The molecule has 1 aliphatic rings. The van der Waals surface area contributed by atoms with Crippen LogP contribution in [0, 0.1) is 5.92 Å². The van der Waals surface area contributed by atoms with Crippen molar-refractivity contribution in [3.8, 4) is 11.5 Å². The van der Waals surface area contributed by atoms with Gasteiger partial charge in [0.2, 0.25) is 0 Å². The summed E-state index contributed by atoms with van der Waals surface area (Å²) in [5.41, 5.74) is 2.43. The van der Waals surface area contributed by atoms with E-state index in [2.05, 4.69) is 46.7 Å². The Labute approximate surface area is 180 Å². The third-order valence-corrected chi connectivity index (χ3v) is 5.44. The average molecular weight is 411 g/mol. The molecule has 0 saturated carbocycles. The molecule has 30 heavy (non-hydrogen) atoms. The lowest BCUT2D eigenvalue weighted by molar-refractivity contribution is 0.409. The molecule has 2 aromatic carbocycles. The van der Waals surface area contributed by atoms with E-state index in [0.717, 1.165) is 63.0 Å². The lowest BCUT2D eigenvalue weighted by Crippen LogP contribution is -2.38. The van der Waals surface area contributed by atoms with Gasteiger partial charge in [0.1, 0.15) is 11.5 Å². The van der Waals surface area contributed by atoms with Gasteiger partial charge in [-0.05, 0) is 49.4 Å². The van der Waals surface area contributed by atoms with Crippen molar-refractivity contribution in [3.63, 3.8) is 0 Å². The Morgan fingerprint density at radius 2 is 1.97 bits per heavy atom. The highest BCUT2D eigenvalue weighted by atomic mass is 16.5. The smallest absolute Gasteiger partial charge is 0.191 e. The Balaban J connectivity index is 1.50. The van der Waals surface area contributed by atoms with E-state index in [-0.39, 0.29) is 0 Å². The highest BCUT2D eigenvalue weighted by Gasteiger charge is 2.22. The molecule has 2 aromatic rings. The molecule has 2 N–H and O–H groups in total. The Hall–Kier alpha value is -2.89. The number of guanidine groups is 1. The van der Waals surface area contributed by atoms with Crippen molar-refractivity contribution >= 4 is 11.6 Å². The van der Waals surface area contributed by atoms with Gasteiger partial charge < -0.3 is 25.0 Å². The zero-order valence-corrected chi connectivity index (χ0v) is 18.4. The third-order valence-electron chi connectivity index (χ3n) is 5.44. The first-order valence-electron chi connectivity index (χ1n) is 10.8. The molecule has 0 aromatic heterocycles. The van der Waals surface area contributed by atoms with Crippen molar-refractivity contribution in [2.45, 2.75) is 19.8 Å². The second-order valence-electron chi connectivity index (χ2n) is 7.51. The Bertz CT molecular complexity index is 824. The molecule has 6 heteroatoms. The van der Waals surface area contributed by atoms with Crippen molar-refractivity contribution in [2.24, 2.45) is 10.9 Å². The molecule has 1 fully saturated rings. The van der Waals surface area contributed by atoms with Gasteiger partial charge >= 0.3 is 0 Å². The van der Waals surface area contributed by atoms with Crippen LogP contribution in [0.1, 0.15) is 18.9 Å². The van der Waals surface area contributed by atoms with E-state index in [1.54, 1.807) is 14.2 Å². The fourth-order valence-electron chi connectivity index (χ4n) is 3.81. The minimum absolute atomic E-state index is 0.556. The maximum absolute atomic E-state index is 5.44. The maximum atomic E-state index is 5.44. The van der Waals surface area contributed by atoms with Crippen molar-refractivity contribution in [2.75, 3.05) is 51.8 Å². The summed E-state index contributed by atoms with van der Waals surface area (Å²) in [5.74, 6) is 3.28. The summed E-state index contributed by atoms with van der Waals surface area (Å²) in [6.07, 6.45) is 2.04. The van der Waals surface area contributed by atoms with Crippen LogP contribution in [-0.2, 0) is 6.42 Å². The molecule has 1 aliphatic heterocycles. The number of rotatable bonds is 9. The number of aliphatic imine (C=N–C) groups is 1. The fourth-order valence-corrected chi connectivity index (χ4v) is 3.81. The third kappa shape index (κ3) is 6.05. The monoisotopic (exact) mass is 410 g/mol. The summed E-state index contributed by atoms with van der Waals surface area (Å²) in [6.45, 7) is 6.66. The van der Waals surface area contributed by atoms with Crippen molar-refractivity contribution in [1.29, 1.82) is 0 Å². The van der Waals surface area contributed by atoms with Crippen LogP contribution < -0.4 is 25.0 Å². The molecular formula is C24H34N4O2. The Morgan fingerprint density at radius 3 is 2.77 bits per heavy atom. The van der Waals surface area contributed by atoms with Gasteiger partial charge in [0.05, 0.1) is 14.2 Å². The number of nitrogens with zero attached hydrogens (tertiary/aromatic N) is 2. The molecule has 0 bridgehead atoms. The van der Waals surface area contributed by atoms with E-state index >= 15 is 0 Å². The van der Waals surface area contributed by atoms with Crippen LogP contribution in [0.3, 0.4) is 0 Å². The lowest BCUT2D eigenvalue weighted by atomic mass is 10.1. The standard InChI is InChI=1S/C24H34N4O2/c1-4-25-24(26-14-12-20-8-5-6-11-23(20)30-3)27-17-19-13-15-28(18-19)21-9-7-10-22(16-21)29-2/h5-11,16,19H,4,12-15,17-18H2,1-3H3,(H2,25,26,27). The van der Waals surface area contributed by atoms with E-state index < -0.39 is 0 Å². The SMILES string of the molecule is CCNC(=NCC1CCN(c2cccc(OC)c2)C1)NCCc1ccccc1OC. The van der Waals surface area contributed by atoms with Gasteiger partial charge in [-0.2, -0.15) is 0 Å². The first-order chi connectivity index (χ1) is 14.7. The van der Waals surface area contributed by atoms with Crippen LogP contribution >= 0.6 is 0 Å². The van der Waals surface area contributed by atoms with Gasteiger partial charge in [-0.25, -0.2) is 0 Å². The van der Waals surface area contributed by atoms with Crippen LogP contribution in [0.25, 0.3) is 0 Å². The molecule has 3 rings (SSSR count). The number of benzene rings is 2. The van der Waals surface area contributed by atoms with Gasteiger partial charge in [-0.1, -0.05) is 24.3 Å². The Kier molecular flexibility index (Phi) is 8.24. The number of hydrogen-bond acceptors (Lipinski definition) is 4. The van der Waals surface area contributed by atoms with Crippen LogP contribution in [0.4, 0.5) is 5.69 Å². The largest absolute Gasteiger partial charge is 0.497 e. The number of methoxy groups -OCH3 is 2. The highest BCUT2D eigenvalue weighted by Crippen LogP contribution is 2.27. The first kappa shape index (κ1) is 21.8. The topological polar surface area (TPSA) is 58.1 Å². The molecular weight excluding hydrogens is 376 g/mol. The van der Waals surface area contributed by atoms with E-state index in [1.165, 1.54) is 11.3 Å². The number of hydrogen-bond donors (Lipinski definition) is 2. The second kappa shape index (κ2) is 11.3. The second-order valence-corrected chi connectivity index (χ2v) is 7.51. The van der Waals surface area contributed by atoms with Crippen molar-refractivity contribution < 1.29 is 9.47 Å². The average Bonchev–Trinajstić information content (AvgIpc) is 3.27. The molecule has 0 amide bonds. The molecule has 1 heterocycles. The normalized spacial score (nSPS) is 16.4. The highest BCUT2D eigenvalue weighted by molar-refractivity contribution is 5.79. The summed E-state index contributed by atoms with van der Waals surface area (Å²) >= 11 is 0. The summed E-state index contributed by atoms with van der Waals surface area (Å²) in [5, 5.41) is 6.81. The van der Waals surface area contributed by atoms with Gasteiger partial charge in [0, 0.05) is 44.5 Å². The molecule has 162 valence electrons. The quantitative estimate of drug-likeness (QED) is 0.491. The molecule has 1 unspecified atom stereocenters. The first-order valence-corrected chi connectivity index (χ1v) is 10.8. The molecule has 6 nitrogen and oxygen atoms in total. The minimum Gasteiger partial charge on any atom is -0.497 e. The molecule has 0 radical (unpaired) electrons. The molecule has 1 saturated heterocycles. The van der Waals surface area contributed by atoms with Crippen molar-refractivity contribution in [3.05, 3.63) is 54.1 Å². The number of anilines is 1. The summed E-state index contributed by atoms with van der Waals surface area (Å²) in [4.78, 5) is 7.26. The summed E-state index contributed by atoms with van der Waals surface area (Å²) in [7, 11) is 3.43. The summed E-state index contributed by atoms with van der Waals surface area (Å²) in [6, 6.07) is 16.4. The van der Waals surface area contributed by atoms with E-state index in [4.69, 9.17) is 14.5 Å². The molecule has 0 aliphatic carbocycles. The predicted octanol–water partition coefficient (Wildman–Crippen LogP) is 3.33. The van der Waals surface area contributed by atoms with Gasteiger partial charge in [0.25, 0.3) is 0 Å². The maximum Gasteiger partial charge on any atom is 0.191 e. The van der Waals surface area contributed by atoms with Gasteiger partial charge in [0.15, 0.2) is 5.96 Å². The summed E-state index contributed by atoms with van der Waals surface area (Å²) < 4.78 is 10.8. The van der Waals surface area contributed by atoms with Crippen LogP contribution in [0.5, 0.6) is 11.5 Å². The van der Waals surface area contributed by atoms with Gasteiger partial charge in [-0.15, -0.1) is 0 Å². The molecule has 1 atom stereocenters. The number of ether oxygens (including phenoxy) is 2. The van der Waals surface area contributed by atoms with Crippen LogP contribution in [-0.4, -0.2) is 52.9 Å². The zero-order valence-electron chi connectivity index (χ0n) is 18.4. The zero-order chi connectivity index (χ0) is 21.2. The lowest BCUT2D eigenvalue weighted by Gasteiger charge is -2.19. The van der Waals surface area contributed by atoms with E-state index in [1.807, 2.05) is 24.3 Å². The van der Waals surface area contributed by atoms with Crippen LogP contribution in [0.15, 0.2) is 53.5 Å². The number of para-hydroxylation sites is 1.